The van der Waals surface area contributed by atoms with Gasteiger partial charge in [0.1, 0.15) is 0 Å². The van der Waals surface area contributed by atoms with Gasteiger partial charge in [-0.25, -0.2) is 0 Å². The predicted molar refractivity (Wildman–Crippen MR) is 58.6 cm³/mol. The Bertz CT molecular complexity index is 439. The number of hydrogen-bond acceptors (Lipinski definition) is 1. The zero-order valence-electron chi connectivity index (χ0n) is 10.2. The van der Waals surface area contributed by atoms with E-state index in [2.05, 4.69) is 0 Å². The molecule has 0 unspecified atom stereocenters. The average Bonchev–Trinajstić information content (AvgIpc) is 2.25. The fourth-order valence-corrected chi connectivity index (χ4v) is 1.60. The molecule has 0 bridgehead atoms. The number of benzene rings is 1. The minimum atomic E-state index is -5.68. The number of nitrogens with one attached hydrogen (secondary N) is 1. The number of carbonyl (C=O) groups is 1. The monoisotopic (exact) mass is 299 g/mol. The Morgan fingerprint density at radius 3 is 1.85 bits per heavy atom. The molecule has 8 heteroatoms. The van der Waals surface area contributed by atoms with E-state index in [9.17, 15) is 31.1 Å². The predicted octanol–water partition coefficient (Wildman–Crippen LogP) is 3.60. The Kier molecular flexibility index (Phi) is 4.67. The van der Waals surface area contributed by atoms with Crippen LogP contribution in [0, 0.1) is 5.92 Å². The van der Waals surface area contributed by atoms with Crippen molar-refractivity contribution in [1.29, 1.82) is 0 Å². The van der Waals surface area contributed by atoms with Crippen LogP contribution in [-0.4, -0.2) is 18.3 Å². The summed E-state index contributed by atoms with van der Waals surface area (Å²) in [5, 5.41) is 1.73. The van der Waals surface area contributed by atoms with E-state index in [0.717, 1.165) is 0 Å². The molecule has 0 spiro atoms. The van der Waals surface area contributed by atoms with Gasteiger partial charge in [-0.05, 0) is 12.5 Å². The molecule has 1 aromatic rings. The fourth-order valence-electron chi connectivity index (χ4n) is 1.60. The first kappa shape index (κ1) is 16.3. The normalized spacial score (nSPS) is 14.2. The summed E-state index contributed by atoms with van der Waals surface area (Å²) < 4.78 is 74.0. The number of amides is 1. The molecule has 0 saturated heterocycles. The third-order valence-corrected chi connectivity index (χ3v) is 2.58. The summed E-state index contributed by atoms with van der Waals surface area (Å²) in [6.07, 6.45) is -11.4. The van der Waals surface area contributed by atoms with Crippen LogP contribution in [0.15, 0.2) is 30.3 Å². The maximum absolute atomic E-state index is 12.3. The highest BCUT2D eigenvalue weighted by atomic mass is 19.4. The van der Waals surface area contributed by atoms with E-state index in [0.29, 0.717) is 5.56 Å². The van der Waals surface area contributed by atoms with E-state index in [1.807, 2.05) is 0 Å². The van der Waals surface area contributed by atoms with Gasteiger partial charge in [0.15, 0.2) is 0 Å². The van der Waals surface area contributed by atoms with Crippen LogP contribution in [-0.2, 0) is 4.79 Å². The van der Waals surface area contributed by atoms with Crippen molar-refractivity contribution in [3.8, 4) is 0 Å². The second-order valence-electron chi connectivity index (χ2n) is 4.16. The van der Waals surface area contributed by atoms with E-state index in [1.165, 1.54) is 19.1 Å². The van der Waals surface area contributed by atoms with Crippen LogP contribution < -0.4 is 5.32 Å². The summed E-state index contributed by atoms with van der Waals surface area (Å²) in [5.41, 5.74) is 0.406. The molecule has 2 nitrogen and oxygen atoms in total. The van der Waals surface area contributed by atoms with Crippen molar-refractivity contribution >= 4 is 5.91 Å². The lowest BCUT2D eigenvalue weighted by atomic mass is 10.0. The van der Waals surface area contributed by atoms with Crippen molar-refractivity contribution in [3.05, 3.63) is 35.9 Å². The van der Waals surface area contributed by atoms with Crippen LogP contribution in [0.4, 0.5) is 26.3 Å². The van der Waals surface area contributed by atoms with E-state index < -0.39 is 30.2 Å². The van der Waals surface area contributed by atoms with Crippen molar-refractivity contribution in [2.45, 2.75) is 25.3 Å². The van der Waals surface area contributed by atoms with Crippen LogP contribution >= 0.6 is 0 Å². The average molecular weight is 299 g/mol. The molecule has 0 aliphatic heterocycles. The lowest BCUT2D eigenvalue weighted by Crippen LogP contribution is -2.48. The summed E-state index contributed by atoms with van der Waals surface area (Å²) in [7, 11) is 0. The summed E-state index contributed by atoms with van der Waals surface area (Å²) in [6, 6.07) is 6.76. The maximum Gasteiger partial charge on any atom is 0.409 e. The molecule has 0 aliphatic rings. The first-order valence-corrected chi connectivity index (χ1v) is 5.52. The number of carbonyl (C=O) groups excluding carboxylic acids is 1. The highest BCUT2D eigenvalue weighted by Gasteiger charge is 2.61. The molecular weight excluding hydrogens is 288 g/mol. The van der Waals surface area contributed by atoms with Gasteiger partial charge in [0.25, 0.3) is 0 Å². The molecular formula is C12H11F6NO. The fraction of sp³-hybridized carbons (Fsp3) is 0.417. The minimum absolute atomic E-state index is 0.406. The maximum atomic E-state index is 12.3. The van der Waals surface area contributed by atoms with E-state index in [1.54, 1.807) is 23.5 Å². The van der Waals surface area contributed by atoms with Crippen LogP contribution in [0.25, 0.3) is 0 Å². The molecule has 20 heavy (non-hydrogen) atoms. The first-order chi connectivity index (χ1) is 9.03. The first-order valence-electron chi connectivity index (χ1n) is 5.52. The van der Waals surface area contributed by atoms with Crippen molar-refractivity contribution in [3.63, 3.8) is 0 Å². The Morgan fingerprint density at radius 1 is 1.00 bits per heavy atom. The van der Waals surface area contributed by atoms with E-state index in [4.69, 9.17) is 0 Å². The minimum Gasteiger partial charge on any atom is -0.349 e. The largest absolute Gasteiger partial charge is 0.409 e. The van der Waals surface area contributed by atoms with Gasteiger partial charge < -0.3 is 5.32 Å². The van der Waals surface area contributed by atoms with E-state index in [-0.39, 0.29) is 0 Å². The van der Waals surface area contributed by atoms with Crippen molar-refractivity contribution in [1.82, 2.24) is 5.32 Å². The number of rotatable bonds is 3. The zero-order valence-corrected chi connectivity index (χ0v) is 10.2. The Morgan fingerprint density at radius 2 is 1.45 bits per heavy atom. The number of halogens is 6. The van der Waals surface area contributed by atoms with Crippen molar-refractivity contribution < 1.29 is 31.1 Å². The molecule has 0 fully saturated rings. The van der Waals surface area contributed by atoms with Gasteiger partial charge in [-0.3, -0.25) is 4.79 Å². The van der Waals surface area contributed by atoms with Gasteiger partial charge in [0.2, 0.25) is 11.8 Å². The van der Waals surface area contributed by atoms with Gasteiger partial charge in [-0.1, -0.05) is 30.3 Å². The van der Waals surface area contributed by atoms with Gasteiger partial charge in [-0.2, -0.15) is 26.3 Å². The molecule has 1 rings (SSSR count). The molecule has 1 atom stereocenters. The number of alkyl halides is 6. The second kappa shape index (κ2) is 5.72. The molecule has 1 amide bonds. The molecule has 0 radical (unpaired) electrons. The summed E-state index contributed by atoms with van der Waals surface area (Å²) in [6.45, 7) is 1.30. The molecule has 112 valence electrons. The van der Waals surface area contributed by atoms with Crippen molar-refractivity contribution in [2.24, 2.45) is 5.92 Å². The molecule has 1 N–H and O–H groups in total. The lowest BCUT2D eigenvalue weighted by Gasteiger charge is -2.24. The Balaban J connectivity index is 2.88. The zero-order chi connectivity index (χ0) is 15.6. The van der Waals surface area contributed by atoms with Gasteiger partial charge in [0.05, 0.1) is 6.04 Å². The van der Waals surface area contributed by atoms with Crippen LogP contribution in [0.2, 0.25) is 0 Å². The highest BCUT2D eigenvalue weighted by Crippen LogP contribution is 2.39. The SMILES string of the molecule is C[C@H](NC(=O)C(C(F)(F)F)C(F)(F)F)c1ccccc1. The van der Waals surface area contributed by atoms with Gasteiger partial charge >= 0.3 is 12.4 Å². The third-order valence-electron chi connectivity index (χ3n) is 2.58. The standard InChI is InChI=1S/C12H11F6NO/c1-7(8-5-3-2-4-6-8)19-10(20)9(11(13,14)15)12(16,17)18/h2-7,9H,1H3,(H,19,20)/t7-/m0/s1. The molecule has 0 aromatic heterocycles. The molecule has 0 aliphatic carbocycles. The Labute approximate surface area is 110 Å². The van der Waals surface area contributed by atoms with Crippen LogP contribution in [0.1, 0.15) is 18.5 Å². The second-order valence-corrected chi connectivity index (χ2v) is 4.16. The van der Waals surface area contributed by atoms with Crippen LogP contribution in [0.3, 0.4) is 0 Å². The Hall–Kier alpha value is -1.73. The van der Waals surface area contributed by atoms with Gasteiger partial charge in [0, 0.05) is 0 Å². The summed E-state index contributed by atoms with van der Waals surface area (Å²) >= 11 is 0. The topological polar surface area (TPSA) is 29.1 Å². The summed E-state index contributed by atoms with van der Waals surface area (Å²) in [5.74, 6) is -6.14. The molecule has 1 aromatic carbocycles. The molecule has 0 saturated carbocycles. The van der Waals surface area contributed by atoms with E-state index >= 15 is 0 Å². The highest BCUT2D eigenvalue weighted by molar-refractivity contribution is 5.80. The lowest BCUT2D eigenvalue weighted by molar-refractivity contribution is -0.274. The molecule has 0 heterocycles. The summed E-state index contributed by atoms with van der Waals surface area (Å²) in [4.78, 5) is 11.3. The smallest absolute Gasteiger partial charge is 0.349 e. The number of hydrogen-bond donors (Lipinski definition) is 1. The van der Waals surface area contributed by atoms with Gasteiger partial charge in [-0.15, -0.1) is 0 Å². The third kappa shape index (κ3) is 4.14. The van der Waals surface area contributed by atoms with Crippen molar-refractivity contribution in [2.75, 3.05) is 0 Å². The quantitative estimate of drug-likeness (QED) is 0.849. The van der Waals surface area contributed by atoms with Crippen LogP contribution in [0.5, 0.6) is 0 Å².